The Morgan fingerprint density at radius 3 is 2.63 bits per heavy atom. The van der Waals surface area contributed by atoms with Crippen LogP contribution in [-0.4, -0.2) is 40.8 Å². The molecule has 1 atom stereocenters. The first-order chi connectivity index (χ1) is 8.67. The molecule has 1 unspecified atom stereocenters. The van der Waals surface area contributed by atoms with Gasteiger partial charge in [-0.05, 0) is 41.8 Å². The molecule has 0 fully saturated rings. The quantitative estimate of drug-likeness (QED) is 0.897. The van der Waals surface area contributed by atoms with Crippen molar-refractivity contribution in [2.45, 2.75) is 45.9 Å². The van der Waals surface area contributed by atoms with Crippen molar-refractivity contribution in [3.05, 3.63) is 11.7 Å². The highest BCUT2D eigenvalue weighted by Crippen LogP contribution is 2.12. The molecule has 0 saturated carbocycles. The zero-order chi connectivity index (χ0) is 14.6. The van der Waals surface area contributed by atoms with E-state index in [1.165, 1.54) is 0 Å². The summed E-state index contributed by atoms with van der Waals surface area (Å²) in [5.74, 6) is 0.945. The van der Waals surface area contributed by atoms with Crippen LogP contribution >= 0.6 is 0 Å². The first kappa shape index (κ1) is 15.4. The molecule has 1 amide bonds. The molecule has 108 valence electrons. The second-order valence-corrected chi connectivity index (χ2v) is 5.65. The van der Waals surface area contributed by atoms with Crippen LogP contribution in [0.3, 0.4) is 0 Å². The van der Waals surface area contributed by atoms with Gasteiger partial charge in [0, 0.05) is 0 Å². The normalized spacial score (nSPS) is 13.4. The second-order valence-electron chi connectivity index (χ2n) is 5.65. The van der Waals surface area contributed by atoms with Crippen molar-refractivity contribution in [2.75, 3.05) is 14.1 Å². The van der Waals surface area contributed by atoms with Gasteiger partial charge in [0.25, 0.3) is 0 Å². The van der Waals surface area contributed by atoms with Crippen LogP contribution in [0.5, 0.6) is 0 Å². The smallest absolute Gasteiger partial charge is 0.408 e. The van der Waals surface area contributed by atoms with Crippen LogP contribution < -0.4 is 5.32 Å². The molecule has 7 nitrogen and oxygen atoms in total. The molecule has 0 radical (unpaired) electrons. The number of hydrogen-bond donors (Lipinski definition) is 1. The minimum atomic E-state index is -0.533. The number of rotatable bonds is 4. The van der Waals surface area contributed by atoms with E-state index in [4.69, 9.17) is 9.26 Å². The highest BCUT2D eigenvalue weighted by atomic mass is 16.6. The molecule has 0 aliphatic heterocycles. The number of aromatic nitrogens is 2. The molecule has 1 N–H and O–H groups in total. The van der Waals surface area contributed by atoms with E-state index in [2.05, 4.69) is 15.5 Å². The average molecular weight is 270 g/mol. The van der Waals surface area contributed by atoms with Crippen molar-refractivity contribution in [2.24, 2.45) is 0 Å². The minimum absolute atomic E-state index is 0.364. The van der Waals surface area contributed by atoms with E-state index < -0.39 is 17.7 Å². The molecule has 1 aromatic rings. The lowest BCUT2D eigenvalue weighted by atomic mass is 10.2. The van der Waals surface area contributed by atoms with Crippen LogP contribution in [0, 0.1) is 0 Å². The second kappa shape index (κ2) is 6.01. The SMILES string of the molecule is CC(NC(=O)OC(C)(C)C)c1nc(CN(C)C)no1. The van der Waals surface area contributed by atoms with Gasteiger partial charge in [-0.2, -0.15) is 4.98 Å². The number of nitrogens with one attached hydrogen (secondary N) is 1. The summed E-state index contributed by atoms with van der Waals surface area (Å²) in [7, 11) is 3.83. The first-order valence-corrected chi connectivity index (χ1v) is 6.14. The number of carbonyl (C=O) groups is 1. The van der Waals surface area contributed by atoms with Gasteiger partial charge in [-0.3, -0.25) is 0 Å². The molecule has 0 aromatic carbocycles. The van der Waals surface area contributed by atoms with Crippen LogP contribution in [0.4, 0.5) is 4.79 Å². The van der Waals surface area contributed by atoms with Crippen molar-refractivity contribution in [1.82, 2.24) is 20.4 Å². The Morgan fingerprint density at radius 1 is 1.47 bits per heavy atom. The lowest BCUT2D eigenvalue weighted by Gasteiger charge is -2.20. The standard InChI is InChI=1S/C12H22N4O3/c1-8(13-11(17)18-12(2,3)4)10-14-9(15-19-10)7-16(5)6/h8H,7H2,1-6H3,(H,13,17). The van der Waals surface area contributed by atoms with Crippen LogP contribution in [0.15, 0.2) is 4.52 Å². The Hall–Kier alpha value is -1.63. The number of amides is 1. The molecular weight excluding hydrogens is 248 g/mol. The molecule has 1 heterocycles. The lowest BCUT2D eigenvalue weighted by Crippen LogP contribution is -2.34. The summed E-state index contributed by atoms with van der Waals surface area (Å²) in [4.78, 5) is 17.7. The molecule has 7 heteroatoms. The Labute approximate surface area is 113 Å². The number of nitrogens with zero attached hydrogens (tertiary/aromatic N) is 3. The van der Waals surface area contributed by atoms with Crippen LogP contribution in [-0.2, 0) is 11.3 Å². The summed E-state index contributed by atoms with van der Waals surface area (Å²) >= 11 is 0. The van der Waals surface area contributed by atoms with Gasteiger partial charge >= 0.3 is 6.09 Å². The maximum atomic E-state index is 11.6. The molecule has 0 saturated heterocycles. The fraction of sp³-hybridized carbons (Fsp3) is 0.750. The van der Waals surface area contributed by atoms with Gasteiger partial charge in [-0.15, -0.1) is 0 Å². The number of alkyl carbamates (subject to hydrolysis) is 1. The fourth-order valence-electron chi connectivity index (χ4n) is 1.34. The third kappa shape index (κ3) is 5.69. The van der Waals surface area contributed by atoms with E-state index >= 15 is 0 Å². The van der Waals surface area contributed by atoms with Gasteiger partial charge < -0.3 is 19.5 Å². The van der Waals surface area contributed by atoms with Gasteiger partial charge in [0.1, 0.15) is 11.6 Å². The number of hydrogen-bond acceptors (Lipinski definition) is 6. The third-order valence-electron chi connectivity index (χ3n) is 2.05. The monoisotopic (exact) mass is 270 g/mol. The van der Waals surface area contributed by atoms with Gasteiger partial charge in [0.15, 0.2) is 5.82 Å². The van der Waals surface area contributed by atoms with Crippen molar-refractivity contribution in [3.63, 3.8) is 0 Å². The summed E-state index contributed by atoms with van der Waals surface area (Å²) in [6.07, 6.45) is -0.507. The van der Waals surface area contributed by atoms with Crippen LogP contribution in [0.2, 0.25) is 0 Å². The van der Waals surface area contributed by atoms with Crippen LogP contribution in [0.25, 0.3) is 0 Å². The molecule has 1 rings (SSSR count). The fourth-order valence-corrected chi connectivity index (χ4v) is 1.34. The molecule has 0 aliphatic carbocycles. The Bertz CT molecular complexity index is 423. The summed E-state index contributed by atoms with van der Waals surface area (Å²) < 4.78 is 10.3. The Balaban J connectivity index is 2.56. The highest BCUT2D eigenvalue weighted by molar-refractivity contribution is 5.68. The van der Waals surface area contributed by atoms with Crippen molar-refractivity contribution >= 4 is 6.09 Å². The minimum Gasteiger partial charge on any atom is -0.444 e. The predicted octanol–water partition coefficient (Wildman–Crippen LogP) is 1.72. The molecule has 19 heavy (non-hydrogen) atoms. The third-order valence-corrected chi connectivity index (χ3v) is 2.05. The van der Waals surface area contributed by atoms with Crippen molar-refractivity contribution < 1.29 is 14.1 Å². The first-order valence-electron chi connectivity index (χ1n) is 6.14. The van der Waals surface area contributed by atoms with Crippen molar-refractivity contribution in [3.8, 4) is 0 Å². The average Bonchev–Trinajstić information content (AvgIpc) is 2.61. The summed E-state index contributed by atoms with van der Waals surface area (Å²) in [6.45, 7) is 7.76. The van der Waals surface area contributed by atoms with E-state index in [0.717, 1.165) is 0 Å². The zero-order valence-electron chi connectivity index (χ0n) is 12.4. The zero-order valence-corrected chi connectivity index (χ0v) is 12.4. The maximum Gasteiger partial charge on any atom is 0.408 e. The Morgan fingerprint density at radius 2 is 2.11 bits per heavy atom. The largest absolute Gasteiger partial charge is 0.444 e. The molecule has 0 bridgehead atoms. The molecule has 0 spiro atoms. The highest BCUT2D eigenvalue weighted by Gasteiger charge is 2.21. The predicted molar refractivity (Wildman–Crippen MR) is 69.5 cm³/mol. The summed E-state index contributed by atoms with van der Waals surface area (Å²) in [5.41, 5.74) is -0.533. The topological polar surface area (TPSA) is 80.5 Å². The number of ether oxygens (including phenoxy) is 1. The van der Waals surface area contributed by atoms with E-state index in [0.29, 0.717) is 18.3 Å². The summed E-state index contributed by atoms with van der Waals surface area (Å²) in [5, 5.41) is 6.49. The van der Waals surface area contributed by atoms with Gasteiger partial charge in [0.2, 0.25) is 5.89 Å². The van der Waals surface area contributed by atoms with Gasteiger partial charge in [-0.1, -0.05) is 5.16 Å². The van der Waals surface area contributed by atoms with E-state index in [1.807, 2.05) is 19.0 Å². The van der Waals surface area contributed by atoms with Crippen molar-refractivity contribution in [1.29, 1.82) is 0 Å². The molecular formula is C12H22N4O3. The number of carbonyl (C=O) groups excluding carboxylic acids is 1. The van der Waals surface area contributed by atoms with E-state index in [1.54, 1.807) is 27.7 Å². The maximum absolute atomic E-state index is 11.6. The summed E-state index contributed by atoms with van der Waals surface area (Å²) in [6, 6.07) is -0.390. The van der Waals surface area contributed by atoms with Gasteiger partial charge in [-0.25, -0.2) is 4.79 Å². The van der Waals surface area contributed by atoms with Gasteiger partial charge in [0.05, 0.1) is 6.54 Å². The van der Waals surface area contributed by atoms with E-state index in [-0.39, 0.29) is 0 Å². The Kier molecular flexibility index (Phi) is 4.88. The lowest BCUT2D eigenvalue weighted by molar-refractivity contribution is 0.0499. The van der Waals surface area contributed by atoms with Crippen LogP contribution in [0.1, 0.15) is 45.5 Å². The van der Waals surface area contributed by atoms with E-state index in [9.17, 15) is 4.79 Å². The molecule has 1 aromatic heterocycles. The molecule has 0 aliphatic rings.